The van der Waals surface area contributed by atoms with E-state index in [9.17, 15) is 4.79 Å². The quantitative estimate of drug-likeness (QED) is 0.786. The Balaban J connectivity index is 2.38. The number of carboxylic acids is 1. The van der Waals surface area contributed by atoms with E-state index in [2.05, 4.69) is 15.2 Å². The fourth-order valence-corrected chi connectivity index (χ4v) is 1.65. The summed E-state index contributed by atoms with van der Waals surface area (Å²) >= 11 is 1.50. The van der Waals surface area contributed by atoms with Gasteiger partial charge >= 0.3 is 5.97 Å². The first-order valence-corrected chi connectivity index (χ1v) is 4.76. The molecule has 0 saturated carbocycles. The smallest absolute Gasteiger partial charge is 0.353 e. The van der Waals surface area contributed by atoms with E-state index < -0.39 is 5.97 Å². The Bertz CT molecular complexity index is 474. The number of aryl methyl sites for hydroxylation is 1. The van der Waals surface area contributed by atoms with Crippen LogP contribution in [0.4, 0.5) is 0 Å². The number of nitrogens with zero attached hydrogens (tertiary/aromatic N) is 2. The molecule has 0 aromatic carbocycles. The Hall–Kier alpha value is -1.69. The fourth-order valence-electron chi connectivity index (χ4n) is 1.04. The zero-order chi connectivity index (χ0) is 10.1. The Labute approximate surface area is 83.4 Å². The Morgan fingerprint density at radius 2 is 2.36 bits per heavy atom. The molecule has 5 nitrogen and oxygen atoms in total. The van der Waals surface area contributed by atoms with Gasteiger partial charge in [0, 0.05) is 11.4 Å². The van der Waals surface area contributed by atoms with Crippen LogP contribution in [-0.4, -0.2) is 26.3 Å². The lowest BCUT2D eigenvalue weighted by atomic mass is 10.3. The molecule has 0 aliphatic heterocycles. The number of nitrogens with one attached hydrogen (secondary N) is 1. The van der Waals surface area contributed by atoms with E-state index in [1.54, 1.807) is 0 Å². The average molecular weight is 209 g/mol. The summed E-state index contributed by atoms with van der Waals surface area (Å²) in [5, 5.41) is 17.7. The minimum Gasteiger partial charge on any atom is -0.477 e. The van der Waals surface area contributed by atoms with Crippen molar-refractivity contribution < 1.29 is 9.90 Å². The summed E-state index contributed by atoms with van der Waals surface area (Å²) in [5.74, 6) is -1.02. The topological polar surface area (TPSA) is 78.9 Å². The molecule has 2 heterocycles. The molecule has 2 aromatic heterocycles. The maximum absolute atomic E-state index is 10.6. The largest absolute Gasteiger partial charge is 0.477 e. The van der Waals surface area contributed by atoms with Crippen LogP contribution >= 0.6 is 11.3 Å². The van der Waals surface area contributed by atoms with Gasteiger partial charge in [-0.1, -0.05) is 0 Å². The Kier molecular flexibility index (Phi) is 2.05. The van der Waals surface area contributed by atoms with Gasteiger partial charge < -0.3 is 5.11 Å². The van der Waals surface area contributed by atoms with Crippen LogP contribution in [0.3, 0.4) is 0 Å². The average Bonchev–Trinajstić information content (AvgIpc) is 2.70. The van der Waals surface area contributed by atoms with Crippen LogP contribution in [0.1, 0.15) is 15.5 Å². The molecule has 2 rings (SSSR count). The van der Waals surface area contributed by atoms with Gasteiger partial charge in [0.25, 0.3) is 0 Å². The second-order valence-corrected chi connectivity index (χ2v) is 3.79. The van der Waals surface area contributed by atoms with E-state index in [0.717, 1.165) is 5.01 Å². The number of aromatic amines is 1. The molecule has 0 aliphatic carbocycles. The Morgan fingerprint density at radius 3 is 2.86 bits per heavy atom. The third-order valence-corrected chi connectivity index (χ3v) is 2.46. The van der Waals surface area contributed by atoms with E-state index in [4.69, 9.17) is 5.11 Å². The molecular formula is C8H7N3O2S. The number of aromatic nitrogens is 3. The van der Waals surface area contributed by atoms with Crippen molar-refractivity contribution >= 4 is 17.3 Å². The van der Waals surface area contributed by atoms with Crippen LogP contribution in [-0.2, 0) is 0 Å². The number of hydrogen-bond acceptors (Lipinski definition) is 4. The maximum atomic E-state index is 10.6. The van der Waals surface area contributed by atoms with Gasteiger partial charge in [-0.15, -0.1) is 11.3 Å². The van der Waals surface area contributed by atoms with Crippen LogP contribution < -0.4 is 0 Å². The second kappa shape index (κ2) is 3.22. The van der Waals surface area contributed by atoms with Gasteiger partial charge in [0.1, 0.15) is 17.1 Å². The highest BCUT2D eigenvalue weighted by Crippen LogP contribution is 2.19. The third kappa shape index (κ3) is 1.51. The van der Waals surface area contributed by atoms with Crippen LogP contribution in [0.5, 0.6) is 0 Å². The normalized spacial score (nSPS) is 10.4. The summed E-state index contributed by atoms with van der Waals surface area (Å²) < 4.78 is 0. The van der Waals surface area contributed by atoms with Gasteiger partial charge in [-0.05, 0) is 6.92 Å². The van der Waals surface area contributed by atoms with Crippen molar-refractivity contribution in [3.8, 4) is 11.4 Å². The number of H-pyrrole nitrogens is 1. The van der Waals surface area contributed by atoms with Crippen LogP contribution in [0.15, 0.2) is 11.4 Å². The molecule has 2 aromatic rings. The van der Waals surface area contributed by atoms with Crippen molar-refractivity contribution in [1.29, 1.82) is 0 Å². The molecule has 0 aliphatic rings. The highest BCUT2D eigenvalue weighted by atomic mass is 32.1. The van der Waals surface area contributed by atoms with Crippen molar-refractivity contribution in [2.24, 2.45) is 0 Å². The zero-order valence-corrected chi connectivity index (χ0v) is 8.13. The van der Waals surface area contributed by atoms with Gasteiger partial charge in [0.15, 0.2) is 0 Å². The van der Waals surface area contributed by atoms with Crippen molar-refractivity contribution in [2.75, 3.05) is 0 Å². The zero-order valence-electron chi connectivity index (χ0n) is 7.31. The molecule has 14 heavy (non-hydrogen) atoms. The van der Waals surface area contributed by atoms with Crippen molar-refractivity contribution in [3.05, 3.63) is 22.1 Å². The molecule has 0 atom stereocenters. The van der Waals surface area contributed by atoms with E-state index >= 15 is 0 Å². The minimum absolute atomic E-state index is 0.0747. The SMILES string of the molecule is Cc1nc(-c2cc(C(=O)O)[nH]n2)cs1. The molecule has 2 N–H and O–H groups in total. The molecular weight excluding hydrogens is 202 g/mol. The second-order valence-electron chi connectivity index (χ2n) is 2.72. The Morgan fingerprint density at radius 1 is 1.57 bits per heavy atom. The van der Waals surface area contributed by atoms with Crippen LogP contribution in [0.2, 0.25) is 0 Å². The number of hydrogen-bond donors (Lipinski definition) is 2. The fraction of sp³-hybridized carbons (Fsp3) is 0.125. The molecule has 0 unspecified atom stereocenters. The summed E-state index contributed by atoms with van der Waals surface area (Å²) in [4.78, 5) is 14.8. The number of rotatable bonds is 2. The minimum atomic E-state index is -1.02. The van der Waals surface area contributed by atoms with Crippen LogP contribution in [0.25, 0.3) is 11.4 Å². The lowest BCUT2D eigenvalue weighted by Gasteiger charge is -1.84. The van der Waals surface area contributed by atoms with Gasteiger partial charge in [0.05, 0.1) is 5.01 Å². The van der Waals surface area contributed by atoms with E-state index in [-0.39, 0.29) is 5.69 Å². The van der Waals surface area contributed by atoms with E-state index in [1.807, 2.05) is 12.3 Å². The summed E-state index contributed by atoms with van der Waals surface area (Å²) in [6.45, 7) is 1.89. The van der Waals surface area contributed by atoms with Gasteiger partial charge in [-0.3, -0.25) is 5.10 Å². The van der Waals surface area contributed by atoms with E-state index in [0.29, 0.717) is 11.4 Å². The molecule has 0 spiro atoms. The molecule has 0 fully saturated rings. The lowest BCUT2D eigenvalue weighted by Crippen LogP contribution is -1.95. The van der Waals surface area contributed by atoms with Gasteiger partial charge in [0.2, 0.25) is 0 Å². The number of carboxylic acid groups (broad SMARTS) is 1. The van der Waals surface area contributed by atoms with Crippen molar-refractivity contribution in [1.82, 2.24) is 15.2 Å². The first kappa shape index (κ1) is 8.89. The van der Waals surface area contributed by atoms with Gasteiger partial charge in [-0.2, -0.15) is 5.10 Å². The monoisotopic (exact) mass is 209 g/mol. The van der Waals surface area contributed by atoms with E-state index in [1.165, 1.54) is 17.4 Å². The van der Waals surface area contributed by atoms with Crippen LogP contribution in [0, 0.1) is 6.92 Å². The molecule has 0 saturated heterocycles. The predicted molar refractivity (Wildman–Crippen MR) is 51.4 cm³/mol. The maximum Gasteiger partial charge on any atom is 0.353 e. The molecule has 72 valence electrons. The molecule has 0 bridgehead atoms. The van der Waals surface area contributed by atoms with Crippen molar-refractivity contribution in [2.45, 2.75) is 6.92 Å². The summed E-state index contributed by atoms with van der Waals surface area (Å²) in [6.07, 6.45) is 0. The molecule has 0 amide bonds. The molecule has 6 heteroatoms. The number of aromatic carboxylic acids is 1. The van der Waals surface area contributed by atoms with Gasteiger partial charge in [-0.25, -0.2) is 9.78 Å². The predicted octanol–water partition coefficient (Wildman–Crippen LogP) is 1.54. The standard InChI is InChI=1S/C8H7N3O2S/c1-4-9-7(3-14-4)5-2-6(8(12)13)11-10-5/h2-3H,1H3,(H,10,11)(H,12,13). The third-order valence-electron chi connectivity index (χ3n) is 1.69. The first-order chi connectivity index (χ1) is 6.66. The highest BCUT2D eigenvalue weighted by Gasteiger charge is 2.10. The summed E-state index contributed by atoms with van der Waals surface area (Å²) in [5.41, 5.74) is 1.34. The lowest BCUT2D eigenvalue weighted by molar-refractivity contribution is 0.0690. The highest BCUT2D eigenvalue weighted by molar-refractivity contribution is 7.09. The first-order valence-electron chi connectivity index (χ1n) is 3.88. The van der Waals surface area contributed by atoms with Crippen molar-refractivity contribution in [3.63, 3.8) is 0 Å². The summed E-state index contributed by atoms with van der Waals surface area (Å²) in [7, 11) is 0. The number of thiazole rings is 1. The summed E-state index contributed by atoms with van der Waals surface area (Å²) in [6, 6.07) is 1.47. The molecule has 0 radical (unpaired) electrons. The number of carbonyl (C=O) groups is 1.